The van der Waals surface area contributed by atoms with Crippen molar-refractivity contribution in [1.29, 1.82) is 0 Å². The molecule has 0 saturated heterocycles. The van der Waals surface area contributed by atoms with Crippen LogP contribution >= 0.6 is 62.3 Å². The smallest absolute Gasteiger partial charge is 0.382 e. The average Bonchev–Trinajstić information content (AvgIpc) is 0.885. The summed E-state index contributed by atoms with van der Waals surface area (Å²) < 4.78 is 207. The first-order chi connectivity index (χ1) is 56.7. The Balaban J connectivity index is -0.000000615. The van der Waals surface area contributed by atoms with Gasteiger partial charge in [-0.3, -0.25) is 0 Å². The summed E-state index contributed by atoms with van der Waals surface area (Å²) in [7, 11) is 16.0. The molecule has 0 fully saturated rings. The minimum Gasteiger partial charge on any atom is -0.382 e. The molecule has 6 rings (SSSR count). The summed E-state index contributed by atoms with van der Waals surface area (Å²) in [5, 5.41) is 2.41. The molecule has 0 spiro atoms. The van der Waals surface area contributed by atoms with E-state index < -0.39 is 37.4 Å². The van der Waals surface area contributed by atoms with Crippen molar-refractivity contribution in [3.8, 4) is 0 Å². The molecule has 0 unspecified atom stereocenters. The fourth-order valence-electron chi connectivity index (χ4n) is 7.25. The molecule has 6 aromatic rings. The van der Waals surface area contributed by atoms with Crippen molar-refractivity contribution >= 4 is 62.3 Å². The number of rotatable bonds is 50. The Bertz CT molecular complexity index is 2910. The van der Waals surface area contributed by atoms with Gasteiger partial charge in [-0.05, 0) is 89.7 Å². The Morgan fingerprint density at radius 1 is 0.331 bits per heavy atom. The molecule has 6 aromatic carbocycles. The molecular weight excluding hydrogens is 1720 g/mol. The molecule has 0 N–H and O–H groups in total. The van der Waals surface area contributed by atoms with Gasteiger partial charge in [-0.25, -0.2) is 26.3 Å². The zero-order valence-corrected chi connectivity index (χ0v) is 75.0. The van der Waals surface area contributed by atoms with E-state index >= 15 is 0 Å². The van der Waals surface area contributed by atoms with Gasteiger partial charge in [0.05, 0.1) is 172 Å². The first-order valence-electron chi connectivity index (χ1n) is 37.3. The van der Waals surface area contributed by atoms with E-state index in [-0.39, 0.29) is 44.7 Å². The number of hydrogen-bond donors (Lipinski definition) is 0. The van der Waals surface area contributed by atoms with E-state index in [1.54, 1.807) is 99.3 Å². The number of benzene rings is 6. The van der Waals surface area contributed by atoms with Gasteiger partial charge >= 0.3 is 6.18 Å². The van der Waals surface area contributed by atoms with Crippen LogP contribution < -0.4 is 0 Å². The van der Waals surface area contributed by atoms with Gasteiger partial charge in [0, 0.05) is 132 Å². The Hall–Kier alpha value is -4.47. The van der Waals surface area contributed by atoms with Crippen molar-refractivity contribution in [3.05, 3.63) is 209 Å². The van der Waals surface area contributed by atoms with Crippen LogP contribution in [0.25, 0.3) is 0 Å². The lowest BCUT2D eigenvalue weighted by atomic mass is 10.2. The predicted molar refractivity (Wildman–Crippen MR) is 448 cm³/mol. The normalized spacial score (nSPS) is 10.6. The molecule has 0 amide bonds. The fourth-order valence-corrected chi connectivity index (χ4v) is 8.26. The monoisotopic (exact) mass is 1840 g/mol. The summed E-state index contributed by atoms with van der Waals surface area (Å²) in [4.78, 5) is 0. The number of halogens is 14. The van der Waals surface area contributed by atoms with Gasteiger partial charge in [-0.2, -0.15) is 13.2 Å². The number of alkyl halides is 5. The van der Waals surface area contributed by atoms with Crippen molar-refractivity contribution in [2.45, 2.75) is 85.9 Å². The van der Waals surface area contributed by atoms with E-state index in [9.17, 15) is 39.5 Å². The first-order valence-corrected chi connectivity index (χ1v) is 39.6. The zero-order chi connectivity index (χ0) is 88.9. The summed E-state index contributed by atoms with van der Waals surface area (Å²) in [5.74, 6) is -1.10. The summed E-state index contributed by atoms with van der Waals surface area (Å²) in [6.45, 7) is 19.1. The molecule has 118 heavy (non-hydrogen) atoms. The van der Waals surface area contributed by atoms with Gasteiger partial charge in [0.2, 0.25) is 0 Å². The Morgan fingerprint density at radius 3 is 1.03 bits per heavy atom. The molecule has 20 nitrogen and oxygen atoms in total. The molecule has 0 aliphatic rings. The molecule has 0 bridgehead atoms. The van der Waals surface area contributed by atoms with Gasteiger partial charge in [0.1, 0.15) is 36.5 Å². The molecule has 0 aliphatic heterocycles. The Kier molecular flexibility index (Phi) is 90.2. The standard InChI is InChI=1S/C10H13BrO2.C10H12Cl2O2.C10H12ClFO2.C10H13ClO2.C10H12F2O2.C10H13FO2.2C7H16O2.C5H9F3O2.C5H10F2O2/c1-12-6-7-13-8-9-2-4-10(11)5-3-9;2*1-13-4-5-14-7-8-2-3-9(11)6-10(8)12;1-12-6-7-13-8-9-2-4-10(11)5-3-9;1-13-4-5-14-7-8-2-3-9(11)6-10(8)12;1-12-6-7-13-8-9-4-2-3-5-10(9)11;1-7(2)6-9-5-4-8-3;1-3-4-5-9-7-6-8-2;1-9-2-3-10-4-5(6,7)8;1-8-2-3-9-4-5(6)7/h2-5H,6-8H2,1H3;2*2-3,6H,4-5,7H2,1H3;2-5H,6-8H2,1H3;2-3,6H,4-5,7H2,1H3;2-5H,6-8H2,1H3;7H,4-6H2,1-3H3;3-7H2,1-2H3;2-4H2,1H3;5H,2-4H2,1H3. The lowest BCUT2D eigenvalue weighted by Crippen LogP contribution is -2.18. The van der Waals surface area contributed by atoms with E-state index in [4.69, 9.17) is 122 Å². The van der Waals surface area contributed by atoms with Crippen LogP contribution in [0.3, 0.4) is 0 Å². The summed E-state index contributed by atoms with van der Waals surface area (Å²) in [6.07, 6.45) is -4.24. The number of unbranched alkanes of at least 4 members (excludes halogenated alkanes) is 1. The molecule has 0 radical (unpaired) electrons. The number of ether oxygens (including phenoxy) is 20. The molecule has 0 aliphatic carbocycles. The van der Waals surface area contributed by atoms with Crippen LogP contribution in [0.2, 0.25) is 20.1 Å². The third kappa shape index (κ3) is 85.1. The van der Waals surface area contributed by atoms with Gasteiger partial charge in [-0.1, -0.05) is 150 Å². The van der Waals surface area contributed by atoms with Gasteiger partial charge in [0.15, 0.2) is 0 Å². The summed E-state index contributed by atoms with van der Waals surface area (Å²) >= 11 is 26.4. The summed E-state index contributed by atoms with van der Waals surface area (Å²) in [6, 6.07) is 35.6. The maximum absolute atomic E-state index is 13.2. The second-order valence-electron chi connectivity index (χ2n) is 23.9. The van der Waals surface area contributed by atoms with Crippen molar-refractivity contribution in [2.24, 2.45) is 5.92 Å². The molecule has 0 atom stereocenters. The molecule has 0 heterocycles. The maximum atomic E-state index is 13.2. The van der Waals surface area contributed by atoms with Crippen LogP contribution in [-0.2, 0) is 134 Å². The van der Waals surface area contributed by atoms with Crippen LogP contribution in [0.4, 0.5) is 39.5 Å². The second kappa shape index (κ2) is 88.8. The zero-order valence-electron chi connectivity index (χ0n) is 70.4. The minimum atomic E-state index is -4.23. The Labute approximate surface area is 722 Å². The van der Waals surface area contributed by atoms with Crippen LogP contribution in [0, 0.1) is 29.2 Å². The van der Waals surface area contributed by atoms with Crippen LogP contribution in [0.1, 0.15) is 67.0 Å². The van der Waals surface area contributed by atoms with Crippen LogP contribution in [-0.4, -0.2) is 242 Å². The average molecular weight is 1850 g/mol. The highest BCUT2D eigenvalue weighted by Crippen LogP contribution is 2.22. The van der Waals surface area contributed by atoms with Gasteiger partial charge in [0.25, 0.3) is 6.43 Å². The van der Waals surface area contributed by atoms with Crippen molar-refractivity contribution in [1.82, 2.24) is 0 Å². The summed E-state index contributed by atoms with van der Waals surface area (Å²) in [5.41, 5.74) is 4.68. The highest BCUT2D eigenvalue weighted by atomic mass is 79.9. The van der Waals surface area contributed by atoms with Crippen LogP contribution in [0.15, 0.2) is 132 Å². The largest absolute Gasteiger partial charge is 0.411 e. The third-order valence-corrected chi connectivity index (χ3v) is 14.9. The second-order valence-corrected chi connectivity index (χ2v) is 26.5. The maximum Gasteiger partial charge on any atom is 0.411 e. The van der Waals surface area contributed by atoms with Crippen molar-refractivity contribution in [2.75, 3.05) is 230 Å². The van der Waals surface area contributed by atoms with E-state index in [0.717, 1.165) is 52.9 Å². The number of hydrogen-bond acceptors (Lipinski definition) is 20. The van der Waals surface area contributed by atoms with E-state index in [1.165, 1.54) is 50.5 Å². The SMILES string of the molecule is CCCCOCCOC.COCCOCC(C)C.COCCOCC(F)(F)F.COCCOCC(F)F.COCCOCc1ccc(Br)cc1.COCCOCc1ccc(Cl)cc1.COCCOCc1ccc(Cl)cc1Cl.COCCOCc1ccc(Cl)cc1F.COCCOCc1ccc(F)cc1F.COCCOCc1ccccc1F. The van der Waals surface area contributed by atoms with E-state index in [0.29, 0.717) is 170 Å². The Morgan fingerprint density at radius 2 is 0.661 bits per heavy atom. The molecule has 34 heteroatoms. The number of methoxy groups -OCH3 is 10. The lowest BCUT2D eigenvalue weighted by Gasteiger charge is -2.05. The lowest BCUT2D eigenvalue weighted by molar-refractivity contribution is -0.176. The third-order valence-electron chi connectivity index (χ3n) is 13.3. The molecule has 680 valence electrons. The highest BCUT2D eigenvalue weighted by Gasteiger charge is 2.27. The molecule has 0 aromatic heterocycles. The minimum absolute atomic E-state index is 0.0178. The van der Waals surface area contributed by atoms with Gasteiger partial charge < -0.3 is 94.7 Å². The predicted octanol–water partition coefficient (Wildman–Crippen LogP) is 19.9. The quantitative estimate of drug-likeness (QED) is 0.0259. The fraction of sp³-hybridized carbons (Fsp3) is 0.571. The topological polar surface area (TPSA) is 185 Å². The first kappa shape index (κ1) is 120. The highest BCUT2D eigenvalue weighted by molar-refractivity contribution is 9.10. The molecule has 0 saturated carbocycles. The van der Waals surface area contributed by atoms with E-state index in [1.807, 2.05) is 54.6 Å². The van der Waals surface area contributed by atoms with Crippen molar-refractivity contribution in [3.63, 3.8) is 0 Å². The van der Waals surface area contributed by atoms with E-state index in [2.05, 4.69) is 55.6 Å². The van der Waals surface area contributed by atoms with Crippen molar-refractivity contribution < 1.29 is 134 Å². The molecular formula is C84H126BrCl4F9O20. The van der Waals surface area contributed by atoms with Crippen LogP contribution in [0.5, 0.6) is 0 Å². The van der Waals surface area contributed by atoms with Gasteiger partial charge in [-0.15, -0.1) is 0 Å².